The molecule has 1 atom stereocenters. The van der Waals surface area contributed by atoms with E-state index in [1.807, 2.05) is 0 Å². The summed E-state index contributed by atoms with van der Waals surface area (Å²) in [7, 11) is 0. The van der Waals surface area contributed by atoms with Crippen molar-refractivity contribution in [1.29, 1.82) is 0 Å². The Bertz CT molecular complexity index is 192. The van der Waals surface area contributed by atoms with Crippen LogP contribution in [0.25, 0.3) is 0 Å². The van der Waals surface area contributed by atoms with Crippen LogP contribution in [0.15, 0.2) is 11.8 Å². The van der Waals surface area contributed by atoms with E-state index in [-0.39, 0.29) is 0 Å². The van der Waals surface area contributed by atoms with E-state index in [4.69, 9.17) is 11.6 Å². The van der Waals surface area contributed by atoms with Crippen molar-refractivity contribution in [3.8, 4) is 0 Å². The fraction of sp³-hybridized carbons (Fsp3) is 0.400. The van der Waals surface area contributed by atoms with Crippen molar-refractivity contribution in [3.05, 3.63) is 11.8 Å². The van der Waals surface area contributed by atoms with Gasteiger partial charge >= 0.3 is 0 Å². The Morgan fingerprint density at radius 1 is 1.70 bits per heavy atom. The normalized spacial score (nSPS) is 25.0. The average Bonchev–Trinajstić information content (AvgIpc) is 2.14. The van der Waals surface area contributed by atoms with Crippen LogP contribution in [0, 0.1) is 0 Å². The molecule has 0 saturated heterocycles. The first-order valence-electron chi connectivity index (χ1n) is 2.55. The van der Waals surface area contributed by atoms with Crippen LogP contribution >= 0.6 is 11.6 Å². The van der Waals surface area contributed by atoms with Crippen molar-refractivity contribution in [3.63, 3.8) is 0 Å². The Labute approximate surface area is 60.8 Å². The minimum atomic E-state index is -2.73. The molecule has 1 aliphatic heterocycles. The lowest BCUT2D eigenvalue weighted by molar-refractivity contribution is -0.116. The molecule has 0 bridgehead atoms. The number of ketones is 1. The van der Waals surface area contributed by atoms with Crippen molar-refractivity contribution in [2.24, 2.45) is 0 Å². The van der Waals surface area contributed by atoms with Gasteiger partial charge in [0.05, 0.1) is 5.57 Å². The van der Waals surface area contributed by atoms with Gasteiger partial charge in [0.2, 0.25) is 5.78 Å². The second-order valence-electron chi connectivity index (χ2n) is 1.79. The quantitative estimate of drug-likeness (QED) is 0.464. The Balaban J connectivity index is 2.72. The number of nitrogens with one attached hydrogen (secondary N) is 1. The predicted octanol–water partition coefficient (Wildman–Crippen LogP) is 0.873. The van der Waals surface area contributed by atoms with Gasteiger partial charge in [-0.25, -0.2) is 8.78 Å². The molecule has 1 aliphatic rings. The molecule has 10 heavy (non-hydrogen) atoms. The van der Waals surface area contributed by atoms with E-state index in [0.29, 0.717) is 0 Å². The number of hydrogen-bond acceptors (Lipinski definition) is 2. The number of carbonyl (C=O) groups excluding carboxylic acids is 1. The van der Waals surface area contributed by atoms with Crippen LogP contribution in [0.3, 0.4) is 0 Å². The van der Waals surface area contributed by atoms with E-state index in [0.717, 1.165) is 6.20 Å². The van der Waals surface area contributed by atoms with Gasteiger partial charge < -0.3 is 5.32 Å². The zero-order valence-electron chi connectivity index (χ0n) is 4.77. The fourth-order valence-electron chi connectivity index (χ4n) is 0.627. The predicted molar refractivity (Wildman–Crippen MR) is 31.9 cm³/mol. The highest BCUT2D eigenvalue weighted by molar-refractivity contribution is 6.34. The maximum Gasteiger partial charge on any atom is 0.268 e. The number of Topliss-reactive ketones (excluding diaryl/α,β-unsaturated/α-hetero) is 1. The van der Waals surface area contributed by atoms with Crippen LogP contribution in [-0.4, -0.2) is 17.7 Å². The molecular weight excluding hydrogens is 164 g/mol. The lowest BCUT2D eigenvalue weighted by Crippen LogP contribution is -2.21. The Morgan fingerprint density at radius 3 is 2.50 bits per heavy atom. The number of hydrogen-bond donors (Lipinski definition) is 1. The lowest BCUT2D eigenvalue weighted by Gasteiger charge is -1.97. The van der Waals surface area contributed by atoms with E-state index >= 15 is 0 Å². The van der Waals surface area contributed by atoms with Gasteiger partial charge in [0, 0.05) is 6.20 Å². The van der Waals surface area contributed by atoms with Crippen LogP contribution in [-0.2, 0) is 4.79 Å². The molecule has 0 spiro atoms. The summed E-state index contributed by atoms with van der Waals surface area (Å²) in [4.78, 5) is 10.6. The third kappa shape index (κ3) is 1.11. The Morgan fingerprint density at radius 2 is 2.30 bits per heavy atom. The molecule has 0 amide bonds. The molecule has 1 rings (SSSR count). The van der Waals surface area contributed by atoms with Crippen molar-refractivity contribution in [1.82, 2.24) is 5.32 Å². The summed E-state index contributed by atoms with van der Waals surface area (Å²) in [6.45, 7) is 0. The first-order valence-corrected chi connectivity index (χ1v) is 2.99. The molecule has 0 aliphatic carbocycles. The van der Waals surface area contributed by atoms with E-state index in [2.05, 4.69) is 5.32 Å². The Kier molecular flexibility index (Phi) is 1.89. The molecule has 0 aromatic rings. The van der Waals surface area contributed by atoms with Gasteiger partial charge in [0.15, 0.2) is 5.50 Å². The van der Waals surface area contributed by atoms with Crippen LogP contribution in [0.4, 0.5) is 8.78 Å². The van der Waals surface area contributed by atoms with Crippen LogP contribution in [0.5, 0.6) is 0 Å². The molecule has 56 valence electrons. The average molecular weight is 168 g/mol. The summed E-state index contributed by atoms with van der Waals surface area (Å²) in [6, 6.07) is 0. The monoisotopic (exact) mass is 167 g/mol. The molecule has 1 N–H and O–H groups in total. The maximum absolute atomic E-state index is 11.8. The lowest BCUT2D eigenvalue weighted by atomic mass is 10.2. The summed E-state index contributed by atoms with van der Waals surface area (Å²) in [6.07, 6.45) is -1.78. The topological polar surface area (TPSA) is 29.1 Å². The first-order chi connectivity index (χ1) is 4.63. The van der Waals surface area contributed by atoms with Crippen molar-refractivity contribution in [2.75, 3.05) is 0 Å². The van der Waals surface area contributed by atoms with E-state index in [1.165, 1.54) is 0 Å². The highest BCUT2D eigenvalue weighted by Gasteiger charge is 2.30. The zero-order valence-corrected chi connectivity index (χ0v) is 5.53. The third-order valence-electron chi connectivity index (χ3n) is 1.13. The van der Waals surface area contributed by atoms with Gasteiger partial charge in [-0.2, -0.15) is 0 Å². The van der Waals surface area contributed by atoms with Crippen LogP contribution < -0.4 is 5.32 Å². The van der Waals surface area contributed by atoms with Gasteiger partial charge in [0.25, 0.3) is 6.43 Å². The summed E-state index contributed by atoms with van der Waals surface area (Å²) < 4.78 is 23.6. The minimum absolute atomic E-state index is 0.542. The smallest absolute Gasteiger partial charge is 0.268 e. The molecule has 0 aromatic carbocycles. The molecule has 5 heteroatoms. The molecule has 2 nitrogen and oxygen atoms in total. The summed E-state index contributed by atoms with van der Waals surface area (Å²) >= 11 is 5.26. The summed E-state index contributed by atoms with van der Waals surface area (Å²) in [5, 5.41) is 2.27. The number of halogens is 3. The second kappa shape index (κ2) is 2.54. The zero-order chi connectivity index (χ0) is 7.72. The van der Waals surface area contributed by atoms with Gasteiger partial charge in [-0.15, -0.1) is 0 Å². The van der Waals surface area contributed by atoms with Crippen molar-refractivity contribution < 1.29 is 13.6 Å². The molecule has 1 heterocycles. The number of rotatable bonds is 1. The highest BCUT2D eigenvalue weighted by atomic mass is 35.5. The van der Waals surface area contributed by atoms with E-state index in [1.54, 1.807) is 0 Å². The van der Waals surface area contributed by atoms with E-state index < -0.39 is 23.3 Å². The molecule has 1 unspecified atom stereocenters. The standard InChI is InChI=1S/C5H4ClF2NO/c6-4-3(10)2(1-9-4)5(7)8/h1,4-5,9H. The summed E-state index contributed by atoms with van der Waals surface area (Å²) in [5.74, 6) is -0.739. The highest BCUT2D eigenvalue weighted by Crippen LogP contribution is 2.17. The van der Waals surface area contributed by atoms with E-state index in [9.17, 15) is 13.6 Å². The van der Waals surface area contributed by atoms with Crippen LogP contribution in [0.1, 0.15) is 0 Å². The molecular formula is C5H4ClF2NO. The molecule has 0 aromatic heterocycles. The van der Waals surface area contributed by atoms with Gasteiger partial charge in [-0.1, -0.05) is 11.6 Å². The van der Waals surface area contributed by atoms with Crippen LogP contribution in [0.2, 0.25) is 0 Å². The largest absolute Gasteiger partial charge is 0.368 e. The fourth-order valence-corrected chi connectivity index (χ4v) is 0.816. The maximum atomic E-state index is 11.8. The molecule has 0 fully saturated rings. The summed E-state index contributed by atoms with van der Waals surface area (Å²) in [5.41, 5.74) is -1.55. The van der Waals surface area contributed by atoms with Gasteiger partial charge in [-0.05, 0) is 0 Å². The molecule has 0 saturated carbocycles. The SMILES string of the molecule is O=C1C(C(F)F)=CNC1Cl. The number of alkyl halides is 3. The van der Waals surface area contributed by atoms with Gasteiger partial charge in [0.1, 0.15) is 0 Å². The number of carbonyl (C=O) groups is 1. The first kappa shape index (κ1) is 7.47. The van der Waals surface area contributed by atoms with Crippen molar-refractivity contribution >= 4 is 17.4 Å². The second-order valence-corrected chi connectivity index (χ2v) is 2.23. The van der Waals surface area contributed by atoms with Gasteiger partial charge in [-0.3, -0.25) is 4.79 Å². The Hall–Kier alpha value is -0.640. The third-order valence-corrected chi connectivity index (χ3v) is 1.46. The molecule has 0 radical (unpaired) electrons. The van der Waals surface area contributed by atoms with Crippen molar-refractivity contribution in [2.45, 2.75) is 11.9 Å². The minimum Gasteiger partial charge on any atom is -0.368 e.